The largest absolute Gasteiger partial charge is 0.493 e. The van der Waals surface area contributed by atoms with E-state index in [1.165, 1.54) is 9.70 Å². The predicted molar refractivity (Wildman–Crippen MR) is 109 cm³/mol. The third-order valence-electron chi connectivity index (χ3n) is 5.04. The van der Waals surface area contributed by atoms with Gasteiger partial charge in [-0.3, -0.25) is 14.5 Å². The Morgan fingerprint density at radius 2 is 1.70 bits per heavy atom. The van der Waals surface area contributed by atoms with Gasteiger partial charge < -0.3 is 4.74 Å². The van der Waals surface area contributed by atoms with Crippen LogP contribution in [-0.4, -0.2) is 50.1 Å². The van der Waals surface area contributed by atoms with Gasteiger partial charge >= 0.3 is 0 Å². The van der Waals surface area contributed by atoms with Crippen LogP contribution in [-0.2, 0) is 13.0 Å². The summed E-state index contributed by atoms with van der Waals surface area (Å²) in [6, 6.07) is 13.0. The molecule has 2 aromatic carbocycles. The lowest BCUT2D eigenvalue weighted by atomic mass is 10.1. The van der Waals surface area contributed by atoms with Crippen molar-refractivity contribution in [3.8, 4) is 5.75 Å². The number of tetrazole rings is 1. The number of fused-ring (bicyclic) bond motifs is 1. The van der Waals surface area contributed by atoms with Gasteiger partial charge in [0.2, 0.25) is 0 Å². The summed E-state index contributed by atoms with van der Waals surface area (Å²) in [6.07, 6.45) is 1.10. The summed E-state index contributed by atoms with van der Waals surface area (Å²) in [5, 5.41) is 12.4. The van der Waals surface area contributed by atoms with Crippen LogP contribution in [0.1, 0.15) is 44.1 Å². The fourth-order valence-electron chi connectivity index (χ4n) is 3.38. The molecule has 1 aliphatic rings. The topological polar surface area (TPSA) is 90.2 Å². The van der Waals surface area contributed by atoms with Gasteiger partial charge in [-0.05, 0) is 48.4 Å². The maximum atomic E-state index is 12.4. The lowest BCUT2D eigenvalue weighted by Gasteiger charge is -2.11. The number of ether oxygens (including phenoxy) is 1. The molecule has 0 saturated carbocycles. The van der Waals surface area contributed by atoms with Crippen molar-refractivity contribution in [1.29, 1.82) is 0 Å². The third-order valence-corrected chi connectivity index (χ3v) is 5.04. The van der Waals surface area contributed by atoms with Gasteiger partial charge in [-0.25, -0.2) is 0 Å². The van der Waals surface area contributed by atoms with E-state index in [4.69, 9.17) is 4.74 Å². The highest BCUT2D eigenvalue weighted by atomic mass is 16.5. The van der Waals surface area contributed by atoms with Crippen LogP contribution < -0.4 is 4.74 Å². The summed E-state index contributed by atoms with van der Waals surface area (Å²) in [4.78, 5) is 27.6. The summed E-state index contributed by atoms with van der Waals surface area (Å²) in [5.41, 5.74) is 3.16. The Hall–Kier alpha value is -3.55. The van der Waals surface area contributed by atoms with Crippen LogP contribution in [0.15, 0.2) is 42.5 Å². The van der Waals surface area contributed by atoms with Crippen LogP contribution in [0.4, 0.5) is 0 Å². The number of aromatic nitrogens is 4. The molecule has 8 heteroatoms. The number of hydrogen-bond donors (Lipinski definition) is 0. The van der Waals surface area contributed by atoms with E-state index >= 15 is 0 Å². The number of aryl methyl sites for hydroxylation is 3. The number of hydrogen-bond acceptors (Lipinski definition) is 6. The van der Waals surface area contributed by atoms with Crippen molar-refractivity contribution < 1.29 is 14.3 Å². The SMILES string of the molecule is Cc1ccc(C)c(OCCCn2nnc(CCN3C(=O)c4ccccc4C3=O)n2)c1. The van der Waals surface area contributed by atoms with Crippen molar-refractivity contribution in [1.82, 2.24) is 25.1 Å². The molecule has 0 atom stereocenters. The lowest BCUT2D eigenvalue weighted by Crippen LogP contribution is -2.32. The lowest BCUT2D eigenvalue weighted by molar-refractivity contribution is 0.0655. The zero-order valence-electron chi connectivity index (χ0n) is 17.0. The first-order valence-corrected chi connectivity index (χ1v) is 9.95. The summed E-state index contributed by atoms with van der Waals surface area (Å²) in [5.74, 6) is 0.850. The number of carbonyl (C=O) groups excluding carboxylic acids is 2. The molecule has 1 aliphatic heterocycles. The third kappa shape index (κ3) is 4.07. The first kappa shape index (κ1) is 19.8. The minimum atomic E-state index is -0.272. The van der Waals surface area contributed by atoms with Gasteiger partial charge in [0, 0.05) is 19.4 Å². The summed E-state index contributed by atoms with van der Waals surface area (Å²) >= 11 is 0. The first-order chi connectivity index (χ1) is 14.5. The molecule has 0 radical (unpaired) electrons. The fraction of sp³-hybridized carbons (Fsp3) is 0.318. The second-order valence-corrected chi connectivity index (χ2v) is 7.33. The molecule has 0 bridgehead atoms. The molecule has 0 N–H and O–H groups in total. The van der Waals surface area contributed by atoms with Crippen molar-refractivity contribution >= 4 is 11.8 Å². The van der Waals surface area contributed by atoms with Crippen LogP contribution in [0.3, 0.4) is 0 Å². The molecular formula is C22H23N5O3. The van der Waals surface area contributed by atoms with Gasteiger partial charge in [0.25, 0.3) is 11.8 Å². The van der Waals surface area contributed by atoms with E-state index < -0.39 is 0 Å². The molecule has 2 heterocycles. The Kier molecular flexibility index (Phi) is 5.56. The van der Waals surface area contributed by atoms with Crippen LogP contribution in [0.2, 0.25) is 0 Å². The van der Waals surface area contributed by atoms with Crippen molar-refractivity contribution in [3.05, 3.63) is 70.5 Å². The number of rotatable bonds is 8. The molecule has 0 spiro atoms. The van der Waals surface area contributed by atoms with Gasteiger partial charge in [-0.1, -0.05) is 24.3 Å². The average molecular weight is 405 g/mol. The Bertz CT molecular complexity index is 1060. The highest BCUT2D eigenvalue weighted by Gasteiger charge is 2.34. The maximum absolute atomic E-state index is 12.4. The number of carbonyl (C=O) groups is 2. The van der Waals surface area contributed by atoms with Crippen molar-refractivity contribution in [2.24, 2.45) is 0 Å². The fourth-order valence-corrected chi connectivity index (χ4v) is 3.38. The minimum Gasteiger partial charge on any atom is -0.493 e. The Balaban J connectivity index is 1.25. The van der Waals surface area contributed by atoms with Gasteiger partial charge in [0.1, 0.15) is 5.75 Å². The van der Waals surface area contributed by atoms with Gasteiger partial charge in [0.05, 0.1) is 24.3 Å². The van der Waals surface area contributed by atoms with Crippen molar-refractivity contribution in [2.75, 3.05) is 13.2 Å². The number of benzene rings is 2. The van der Waals surface area contributed by atoms with Crippen LogP contribution in [0.25, 0.3) is 0 Å². The molecule has 4 rings (SSSR count). The maximum Gasteiger partial charge on any atom is 0.261 e. The second-order valence-electron chi connectivity index (χ2n) is 7.33. The molecule has 2 amide bonds. The Morgan fingerprint density at radius 1 is 0.967 bits per heavy atom. The van der Waals surface area contributed by atoms with Crippen molar-refractivity contribution in [2.45, 2.75) is 33.2 Å². The number of amides is 2. The van der Waals surface area contributed by atoms with E-state index in [1.807, 2.05) is 26.0 Å². The van der Waals surface area contributed by atoms with Gasteiger partial charge in [0.15, 0.2) is 5.82 Å². The van der Waals surface area contributed by atoms with E-state index in [0.29, 0.717) is 36.5 Å². The van der Waals surface area contributed by atoms with Gasteiger partial charge in [-0.15, -0.1) is 10.2 Å². The molecular weight excluding hydrogens is 382 g/mol. The van der Waals surface area contributed by atoms with E-state index in [0.717, 1.165) is 23.3 Å². The van der Waals surface area contributed by atoms with E-state index in [2.05, 4.69) is 21.5 Å². The average Bonchev–Trinajstić information content (AvgIpc) is 3.29. The van der Waals surface area contributed by atoms with Crippen molar-refractivity contribution in [3.63, 3.8) is 0 Å². The highest BCUT2D eigenvalue weighted by Crippen LogP contribution is 2.22. The molecule has 0 fully saturated rings. The standard InChI is InChI=1S/C22H23N5O3/c1-15-8-9-16(2)19(14-15)30-13-5-11-27-24-20(23-25-27)10-12-26-21(28)17-6-3-4-7-18(17)22(26)29/h3-4,6-9,14H,5,10-13H2,1-2H3. The molecule has 0 saturated heterocycles. The Morgan fingerprint density at radius 3 is 2.43 bits per heavy atom. The van der Waals surface area contributed by atoms with Gasteiger partial charge in [-0.2, -0.15) is 4.80 Å². The van der Waals surface area contributed by atoms with E-state index in [1.54, 1.807) is 24.3 Å². The zero-order valence-corrected chi connectivity index (χ0v) is 17.0. The van der Waals surface area contributed by atoms with Crippen LogP contribution in [0, 0.1) is 13.8 Å². The molecule has 1 aromatic heterocycles. The summed E-state index contributed by atoms with van der Waals surface area (Å²) in [7, 11) is 0. The monoisotopic (exact) mass is 405 g/mol. The van der Waals surface area contributed by atoms with E-state index in [-0.39, 0.29) is 18.4 Å². The highest BCUT2D eigenvalue weighted by molar-refractivity contribution is 6.21. The molecule has 8 nitrogen and oxygen atoms in total. The normalized spacial score (nSPS) is 13.1. The quantitative estimate of drug-likeness (QED) is 0.423. The van der Waals surface area contributed by atoms with E-state index in [9.17, 15) is 9.59 Å². The van der Waals surface area contributed by atoms with Crippen LogP contribution in [0.5, 0.6) is 5.75 Å². The minimum absolute atomic E-state index is 0.230. The molecule has 154 valence electrons. The Labute approximate surface area is 174 Å². The van der Waals surface area contributed by atoms with Crippen LogP contribution >= 0.6 is 0 Å². The second kappa shape index (κ2) is 8.44. The zero-order chi connectivity index (χ0) is 21.1. The predicted octanol–water partition coefficient (Wildman–Crippen LogP) is 2.60. The smallest absolute Gasteiger partial charge is 0.261 e. The summed E-state index contributed by atoms with van der Waals surface area (Å²) in [6.45, 7) is 5.42. The molecule has 0 unspecified atom stereocenters. The number of nitrogens with zero attached hydrogens (tertiary/aromatic N) is 5. The number of imide groups is 1. The molecule has 3 aromatic rings. The molecule has 0 aliphatic carbocycles. The molecule has 30 heavy (non-hydrogen) atoms. The first-order valence-electron chi connectivity index (χ1n) is 9.95. The summed E-state index contributed by atoms with van der Waals surface area (Å²) < 4.78 is 5.84.